The van der Waals surface area contributed by atoms with Crippen LogP contribution in [-0.2, 0) is 52.0 Å². The molecular weight excluding hydrogens is 826 g/mol. The summed E-state index contributed by atoms with van der Waals surface area (Å²) in [5.41, 5.74) is 3.68. The van der Waals surface area contributed by atoms with Gasteiger partial charge in [0.25, 0.3) is 5.56 Å². The van der Waals surface area contributed by atoms with Gasteiger partial charge in [0.1, 0.15) is 42.0 Å². The average Bonchev–Trinajstić information content (AvgIpc) is 3.80. The number of rotatable bonds is 8. The molecule has 3 aliphatic rings. The number of nitrogens with one attached hydrogen (secondary N) is 1. The number of carbonyl (C=O) groups is 1. The number of alkyl halides is 2. The zero-order chi connectivity index (χ0) is 39.1. The summed E-state index contributed by atoms with van der Waals surface area (Å²) in [5, 5.41) is 0. The fraction of sp³-hybridized carbons (Fsp3) is 0.429. The number of aromatic amines is 1. The third kappa shape index (κ3) is 8.41. The predicted octanol–water partition coefficient (Wildman–Crippen LogP) is 3.71. The van der Waals surface area contributed by atoms with Crippen molar-refractivity contribution in [3.63, 3.8) is 0 Å². The lowest BCUT2D eigenvalue weighted by molar-refractivity contribution is -0.208. The summed E-state index contributed by atoms with van der Waals surface area (Å²) in [4.78, 5) is 54.3. The highest BCUT2D eigenvalue weighted by atomic mass is 35.5. The van der Waals surface area contributed by atoms with Crippen molar-refractivity contribution < 1.29 is 64.6 Å². The smallest absolute Gasteiger partial charge is 0.415 e. The molecule has 3 saturated heterocycles. The molecule has 3 aliphatic heterocycles. The van der Waals surface area contributed by atoms with E-state index in [2.05, 4.69) is 19.8 Å². The molecule has 2 unspecified atom stereocenters. The summed E-state index contributed by atoms with van der Waals surface area (Å²) in [5.74, 6) is -0.0177. The van der Waals surface area contributed by atoms with Gasteiger partial charge in [-0.2, -0.15) is 0 Å². The van der Waals surface area contributed by atoms with Crippen LogP contribution in [0.5, 0.6) is 5.75 Å². The lowest BCUT2D eigenvalue weighted by Gasteiger charge is -2.27. The standard InChI is InChI=1S/C28H28ClF2N7O14P2S/c1-44-52-53(42)45-9-16-21(19(31)25(49-16)38-12-35-20-23(32)33-11-34-24(20)38)51-54(43,55-10-13-2-4-14(5-3-13)47-27(29)40)46-8-15-18(30)22(50-53)26(48-15)37-7-6-17(39)36-28(37)41/h2-7,11-12,15-16,18-19,21-22,25-26H,8-10H2,1H3,(H2,32,33,34)(H,36,39,41)/t15-,16-,18-,19-,21-,22-,25-,26-,53?,54?/m1/s1. The molecule has 3 N–H and O–H groups in total. The molecule has 1 aromatic carbocycles. The second kappa shape index (κ2) is 16.1. The average molecular weight is 854 g/mol. The zero-order valence-corrected chi connectivity index (χ0v) is 31.2. The van der Waals surface area contributed by atoms with Crippen molar-refractivity contribution in [1.82, 2.24) is 29.1 Å². The topological polar surface area (TPSA) is 259 Å². The normalized spacial score (nSPS) is 32.7. The number of ether oxygens (including phenoxy) is 3. The van der Waals surface area contributed by atoms with E-state index in [1.807, 2.05) is 4.98 Å². The van der Waals surface area contributed by atoms with Gasteiger partial charge >= 0.3 is 25.7 Å². The minimum atomic E-state index is -5.04. The number of nitrogen functional groups attached to an aromatic ring is 1. The number of halogens is 3. The van der Waals surface area contributed by atoms with Gasteiger partial charge in [-0.15, -0.1) is 4.67 Å². The Balaban J connectivity index is 1.25. The number of hydrogen-bond donors (Lipinski definition) is 2. The van der Waals surface area contributed by atoms with Crippen molar-refractivity contribution in [1.29, 1.82) is 0 Å². The minimum absolute atomic E-state index is 0.0114. The van der Waals surface area contributed by atoms with Crippen LogP contribution in [0.1, 0.15) is 18.0 Å². The van der Waals surface area contributed by atoms with Gasteiger partial charge in [0.2, 0.25) is 0 Å². The van der Waals surface area contributed by atoms with E-state index < -0.39 is 93.7 Å². The summed E-state index contributed by atoms with van der Waals surface area (Å²) in [7, 11) is -4.09. The second-order valence-corrected chi connectivity index (χ2v) is 17.6. The SMILES string of the molecule is COOP1(=O)OC[C@H]2O[C@@H](n3cnc4c(N)ncnc43)[C@H](F)[C@@H]2OP(=O)(SCc2ccc(OC(=O)Cl)cc2)OC[C@H]2O[C@@H](n3ccc(=O)[nH]c3=O)[C@H](O1)[C@@H]2F. The van der Waals surface area contributed by atoms with Gasteiger partial charge in [-0.1, -0.05) is 12.1 Å². The Hall–Kier alpha value is -3.64. The van der Waals surface area contributed by atoms with Crippen LogP contribution >= 0.6 is 37.6 Å². The van der Waals surface area contributed by atoms with E-state index in [0.717, 1.165) is 30.3 Å². The van der Waals surface area contributed by atoms with Gasteiger partial charge in [0, 0.05) is 29.6 Å². The number of hydrogen-bond acceptors (Lipinski definition) is 19. The maximum atomic E-state index is 16.7. The monoisotopic (exact) mass is 853 g/mol. The van der Waals surface area contributed by atoms with Gasteiger partial charge < -0.3 is 19.9 Å². The van der Waals surface area contributed by atoms with E-state index in [1.165, 1.54) is 35.2 Å². The molecule has 0 aliphatic carbocycles. The number of aromatic nitrogens is 6. The maximum absolute atomic E-state index is 16.7. The number of imidazole rings is 1. The summed E-state index contributed by atoms with van der Waals surface area (Å²) in [6.07, 6.45) is -11.6. The van der Waals surface area contributed by atoms with E-state index in [-0.39, 0.29) is 28.5 Å². The van der Waals surface area contributed by atoms with Crippen molar-refractivity contribution in [2.45, 2.75) is 55.0 Å². The van der Waals surface area contributed by atoms with E-state index >= 15 is 8.78 Å². The fourth-order valence-corrected chi connectivity index (χ4v) is 10.5. The van der Waals surface area contributed by atoms with Crippen LogP contribution in [0.2, 0.25) is 0 Å². The number of H-pyrrole nitrogens is 1. The molecule has 296 valence electrons. The first kappa shape index (κ1) is 39.6. The van der Waals surface area contributed by atoms with Gasteiger partial charge in [-0.05, 0) is 29.1 Å². The Labute approximate surface area is 315 Å². The van der Waals surface area contributed by atoms with Gasteiger partial charge in [0.05, 0.1) is 26.7 Å². The summed E-state index contributed by atoms with van der Waals surface area (Å²) in [6, 6.07) is 6.77. The molecular formula is C28H28ClF2N7O14P2S. The molecule has 0 radical (unpaired) electrons. The van der Waals surface area contributed by atoms with E-state index in [4.69, 9.17) is 54.3 Å². The van der Waals surface area contributed by atoms with Crippen molar-refractivity contribution in [2.75, 3.05) is 26.1 Å². The Kier molecular flexibility index (Phi) is 11.6. The highest BCUT2D eigenvalue weighted by molar-refractivity contribution is 8.54. The number of phosphoric ester groups is 1. The number of benzene rings is 1. The van der Waals surface area contributed by atoms with E-state index in [1.54, 1.807) is 0 Å². The van der Waals surface area contributed by atoms with Gasteiger partial charge in [0.15, 0.2) is 36.3 Å². The van der Waals surface area contributed by atoms with Crippen molar-refractivity contribution in [3.8, 4) is 5.75 Å². The maximum Gasteiger partial charge on any atom is 0.502 e. The van der Waals surface area contributed by atoms with Gasteiger partial charge in [-0.25, -0.2) is 47.3 Å². The number of fused-ring (bicyclic) bond motifs is 4. The molecule has 0 spiro atoms. The summed E-state index contributed by atoms with van der Waals surface area (Å²) in [6.45, 7) is -6.36. The Morgan fingerprint density at radius 3 is 2.47 bits per heavy atom. The van der Waals surface area contributed by atoms with E-state index in [9.17, 15) is 23.5 Å². The molecule has 7 rings (SSSR count). The Morgan fingerprint density at radius 2 is 1.75 bits per heavy atom. The number of phosphoric acid groups is 1. The molecule has 21 nitrogen and oxygen atoms in total. The largest absolute Gasteiger partial charge is 0.502 e. The van der Waals surface area contributed by atoms with Gasteiger partial charge in [-0.3, -0.25) is 37.0 Å². The third-order valence-electron chi connectivity index (χ3n) is 8.29. The lowest BCUT2D eigenvalue weighted by atomic mass is 10.1. The number of nitrogens with two attached hydrogens (primary N) is 1. The minimum Gasteiger partial charge on any atom is -0.415 e. The second-order valence-electron chi connectivity index (χ2n) is 11.7. The molecule has 55 heavy (non-hydrogen) atoms. The molecule has 3 fully saturated rings. The van der Waals surface area contributed by atoms with Crippen LogP contribution in [0.3, 0.4) is 0 Å². The molecule has 3 aromatic heterocycles. The van der Waals surface area contributed by atoms with Crippen molar-refractivity contribution in [2.24, 2.45) is 0 Å². The molecule has 2 bridgehead atoms. The van der Waals surface area contributed by atoms with Crippen LogP contribution < -0.4 is 21.7 Å². The first-order valence-corrected chi connectivity index (χ1v) is 20.8. The molecule has 10 atom stereocenters. The third-order valence-corrected chi connectivity index (χ3v) is 13.3. The van der Waals surface area contributed by atoms with E-state index in [0.29, 0.717) is 16.9 Å². The Morgan fingerprint density at radius 1 is 1.00 bits per heavy atom. The zero-order valence-electron chi connectivity index (χ0n) is 27.8. The molecule has 0 amide bonds. The van der Waals surface area contributed by atoms with Crippen LogP contribution in [0.25, 0.3) is 11.2 Å². The number of anilines is 1. The van der Waals surface area contributed by atoms with Crippen LogP contribution in [0.15, 0.2) is 58.8 Å². The predicted molar refractivity (Wildman–Crippen MR) is 183 cm³/mol. The highest BCUT2D eigenvalue weighted by Gasteiger charge is 2.56. The Bertz CT molecular complexity index is 2270. The highest BCUT2D eigenvalue weighted by Crippen LogP contribution is 2.65. The quantitative estimate of drug-likeness (QED) is 0.111. The van der Waals surface area contributed by atoms with Crippen LogP contribution in [0.4, 0.5) is 19.4 Å². The van der Waals surface area contributed by atoms with Crippen molar-refractivity contribution >= 4 is 60.0 Å². The number of nitrogens with zero attached hydrogens (tertiary/aromatic N) is 5. The summed E-state index contributed by atoms with van der Waals surface area (Å²) < 4.78 is 107. The fourth-order valence-electron chi connectivity index (χ4n) is 5.81. The molecule has 6 heterocycles. The lowest BCUT2D eigenvalue weighted by Crippen LogP contribution is -2.38. The summed E-state index contributed by atoms with van der Waals surface area (Å²) >= 11 is 5.85. The number of carbonyl (C=O) groups excluding carboxylic acids is 1. The van der Waals surface area contributed by atoms with Crippen LogP contribution in [-0.4, -0.2) is 91.6 Å². The first-order chi connectivity index (χ1) is 26.3. The van der Waals surface area contributed by atoms with Crippen molar-refractivity contribution in [3.05, 3.63) is 75.6 Å². The molecule has 0 saturated carbocycles. The molecule has 27 heteroatoms. The molecule has 4 aromatic rings. The first-order valence-electron chi connectivity index (χ1n) is 15.8. The van der Waals surface area contributed by atoms with Crippen LogP contribution in [0, 0.1) is 0 Å².